The van der Waals surface area contributed by atoms with Gasteiger partial charge in [0.15, 0.2) is 0 Å². The van der Waals surface area contributed by atoms with Gasteiger partial charge in [-0.15, -0.1) is 0 Å². The van der Waals surface area contributed by atoms with Gasteiger partial charge in [-0.2, -0.15) is 0 Å². The maximum atomic E-state index is 12.2. The number of nitrogens with zero attached hydrogens (tertiary/aromatic N) is 1. The lowest BCUT2D eigenvalue weighted by atomic mass is 9.78. The van der Waals surface area contributed by atoms with E-state index >= 15 is 0 Å². The molecule has 5 nitrogen and oxygen atoms in total. The van der Waals surface area contributed by atoms with Crippen LogP contribution >= 0.6 is 0 Å². The number of likely N-dealkylation sites (tertiary alicyclic amines) is 1. The second kappa shape index (κ2) is 8.13. The fourth-order valence-electron chi connectivity index (χ4n) is 4.74. The van der Waals surface area contributed by atoms with Crippen LogP contribution < -0.4 is 10.6 Å². The number of hydrogen-bond acceptors (Lipinski definition) is 3. The summed E-state index contributed by atoms with van der Waals surface area (Å²) in [5, 5.41) is 5.49. The summed E-state index contributed by atoms with van der Waals surface area (Å²) in [6, 6.07) is 0.498. The minimum absolute atomic E-state index is 0.149. The number of urea groups is 1. The maximum Gasteiger partial charge on any atom is 0.321 e. The van der Waals surface area contributed by atoms with Crippen molar-refractivity contribution in [3.05, 3.63) is 0 Å². The number of carbonyl (C=O) groups excluding carboxylic acids is 2. The number of amides is 3. The van der Waals surface area contributed by atoms with Gasteiger partial charge in [0.05, 0.1) is 6.54 Å². The molecule has 3 fully saturated rings. The first-order valence-electron chi connectivity index (χ1n) is 9.57. The molecule has 2 saturated carbocycles. The van der Waals surface area contributed by atoms with Crippen molar-refractivity contribution in [3.8, 4) is 0 Å². The number of carbonyl (C=O) groups is 2. The summed E-state index contributed by atoms with van der Waals surface area (Å²) in [7, 11) is 0. The molecule has 0 aromatic carbocycles. The van der Waals surface area contributed by atoms with E-state index in [9.17, 15) is 9.59 Å². The highest BCUT2D eigenvalue weighted by Crippen LogP contribution is 2.34. The monoisotopic (exact) mass is 321 g/mol. The lowest BCUT2D eigenvalue weighted by Crippen LogP contribution is -2.52. The molecule has 5 heteroatoms. The summed E-state index contributed by atoms with van der Waals surface area (Å²) in [5.74, 6) is 0.617. The van der Waals surface area contributed by atoms with E-state index < -0.39 is 0 Å². The van der Waals surface area contributed by atoms with Crippen LogP contribution in [0, 0.1) is 5.92 Å². The zero-order valence-corrected chi connectivity index (χ0v) is 14.2. The van der Waals surface area contributed by atoms with E-state index in [2.05, 4.69) is 15.5 Å². The minimum Gasteiger partial charge on any atom is -0.335 e. The van der Waals surface area contributed by atoms with E-state index in [0.29, 0.717) is 12.6 Å². The van der Waals surface area contributed by atoms with E-state index in [-0.39, 0.29) is 18.0 Å². The van der Waals surface area contributed by atoms with Crippen molar-refractivity contribution in [1.82, 2.24) is 15.5 Å². The van der Waals surface area contributed by atoms with Crippen LogP contribution in [-0.2, 0) is 4.79 Å². The number of nitrogens with one attached hydrogen (secondary N) is 2. The molecule has 2 aliphatic carbocycles. The highest BCUT2D eigenvalue weighted by Gasteiger charge is 2.34. The summed E-state index contributed by atoms with van der Waals surface area (Å²) in [6.07, 6.45) is 13.3. The first kappa shape index (κ1) is 16.7. The molecule has 130 valence electrons. The van der Waals surface area contributed by atoms with Crippen molar-refractivity contribution in [1.29, 1.82) is 0 Å². The van der Waals surface area contributed by atoms with Crippen LogP contribution in [0.1, 0.15) is 70.6 Å². The van der Waals surface area contributed by atoms with Crippen molar-refractivity contribution in [2.45, 2.75) is 82.7 Å². The minimum atomic E-state index is -0.306. The van der Waals surface area contributed by atoms with Crippen LogP contribution in [0.5, 0.6) is 0 Å². The zero-order valence-electron chi connectivity index (χ0n) is 14.2. The summed E-state index contributed by atoms with van der Waals surface area (Å²) in [6.45, 7) is 1.37. The van der Waals surface area contributed by atoms with Gasteiger partial charge in [0.25, 0.3) is 0 Å². The lowest BCUT2D eigenvalue weighted by molar-refractivity contribution is -0.122. The SMILES string of the molecule is O=C(CN1CCC[C@H]2CCCC[C@@H]21)NC(=O)NC1CCCCC1. The molecule has 0 aromatic rings. The molecule has 0 aromatic heterocycles. The van der Waals surface area contributed by atoms with Crippen molar-refractivity contribution in [2.24, 2.45) is 5.92 Å². The smallest absolute Gasteiger partial charge is 0.321 e. The van der Waals surface area contributed by atoms with Crippen LogP contribution in [0.2, 0.25) is 0 Å². The van der Waals surface area contributed by atoms with Crippen molar-refractivity contribution >= 4 is 11.9 Å². The van der Waals surface area contributed by atoms with Gasteiger partial charge in [0, 0.05) is 12.1 Å². The second-order valence-corrected chi connectivity index (χ2v) is 7.58. The molecular weight excluding hydrogens is 290 g/mol. The first-order chi connectivity index (χ1) is 11.2. The van der Waals surface area contributed by atoms with Gasteiger partial charge in [-0.1, -0.05) is 32.1 Å². The van der Waals surface area contributed by atoms with E-state index in [1.54, 1.807) is 0 Å². The summed E-state index contributed by atoms with van der Waals surface area (Å²) in [5.41, 5.74) is 0. The standard InChI is InChI=1S/C18H31N3O2/c22-17(20-18(23)19-15-9-2-1-3-10-15)13-21-12-6-8-14-7-4-5-11-16(14)21/h14-16H,1-13H2,(H2,19,20,22,23)/t14-,16+/m1/s1. The number of rotatable bonds is 3. The van der Waals surface area contributed by atoms with E-state index in [0.717, 1.165) is 25.3 Å². The fraction of sp³-hybridized carbons (Fsp3) is 0.889. The van der Waals surface area contributed by atoms with Gasteiger partial charge >= 0.3 is 6.03 Å². The predicted octanol–water partition coefficient (Wildman–Crippen LogP) is 2.80. The average Bonchev–Trinajstić information content (AvgIpc) is 2.56. The third-order valence-corrected chi connectivity index (χ3v) is 5.90. The molecule has 3 aliphatic rings. The zero-order chi connectivity index (χ0) is 16.1. The van der Waals surface area contributed by atoms with Gasteiger partial charge in [-0.3, -0.25) is 15.0 Å². The van der Waals surface area contributed by atoms with Crippen LogP contribution in [0.3, 0.4) is 0 Å². The van der Waals surface area contributed by atoms with Crippen LogP contribution in [0.4, 0.5) is 4.79 Å². The Morgan fingerprint density at radius 1 is 0.870 bits per heavy atom. The summed E-state index contributed by atoms with van der Waals surface area (Å²) < 4.78 is 0. The van der Waals surface area contributed by atoms with Gasteiger partial charge < -0.3 is 5.32 Å². The molecule has 0 bridgehead atoms. The molecule has 0 radical (unpaired) electrons. The molecule has 2 N–H and O–H groups in total. The third-order valence-electron chi connectivity index (χ3n) is 5.90. The third kappa shape index (κ3) is 4.69. The second-order valence-electron chi connectivity index (χ2n) is 7.58. The van der Waals surface area contributed by atoms with E-state index in [4.69, 9.17) is 0 Å². The lowest BCUT2D eigenvalue weighted by Gasteiger charge is -2.43. The molecule has 3 rings (SSSR count). The van der Waals surface area contributed by atoms with Gasteiger partial charge in [-0.05, 0) is 51.0 Å². The van der Waals surface area contributed by atoms with Crippen molar-refractivity contribution < 1.29 is 9.59 Å². The summed E-state index contributed by atoms with van der Waals surface area (Å²) in [4.78, 5) is 26.5. The maximum absolute atomic E-state index is 12.2. The molecule has 23 heavy (non-hydrogen) atoms. The summed E-state index contributed by atoms with van der Waals surface area (Å²) >= 11 is 0. The fourth-order valence-corrected chi connectivity index (χ4v) is 4.74. The van der Waals surface area contributed by atoms with Crippen LogP contribution in [0.15, 0.2) is 0 Å². The highest BCUT2D eigenvalue weighted by molar-refractivity contribution is 5.95. The normalized spacial score (nSPS) is 29.6. The predicted molar refractivity (Wildman–Crippen MR) is 90.1 cm³/mol. The van der Waals surface area contributed by atoms with Crippen molar-refractivity contribution in [2.75, 3.05) is 13.1 Å². The molecule has 1 heterocycles. The van der Waals surface area contributed by atoms with Gasteiger partial charge in [-0.25, -0.2) is 4.79 Å². The number of hydrogen-bond donors (Lipinski definition) is 2. The Hall–Kier alpha value is -1.10. The number of piperidine rings is 1. The highest BCUT2D eigenvalue weighted by atomic mass is 16.2. The largest absolute Gasteiger partial charge is 0.335 e. The molecule has 1 aliphatic heterocycles. The van der Waals surface area contributed by atoms with Crippen molar-refractivity contribution in [3.63, 3.8) is 0 Å². The average molecular weight is 321 g/mol. The molecule has 1 saturated heterocycles. The number of imide groups is 1. The Kier molecular flexibility index (Phi) is 5.92. The molecule has 3 amide bonds. The van der Waals surface area contributed by atoms with Gasteiger partial charge in [0.2, 0.25) is 5.91 Å². The number of fused-ring (bicyclic) bond motifs is 1. The topological polar surface area (TPSA) is 61.4 Å². The van der Waals surface area contributed by atoms with Crippen LogP contribution in [-0.4, -0.2) is 42.0 Å². The molecular formula is C18H31N3O2. The Bertz CT molecular complexity index is 418. The molecule has 0 unspecified atom stereocenters. The van der Waals surface area contributed by atoms with Crippen LogP contribution in [0.25, 0.3) is 0 Å². The molecule has 2 atom stereocenters. The quantitative estimate of drug-likeness (QED) is 0.840. The Morgan fingerprint density at radius 3 is 2.39 bits per heavy atom. The van der Waals surface area contributed by atoms with E-state index in [1.165, 1.54) is 57.8 Å². The molecule has 0 spiro atoms. The Balaban J connectivity index is 1.43. The first-order valence-corrected chi connectivity index (χ1v) is 9.57. The van der Waals surface area contributed by atoms with Gasteiger partial charge in [0.1, 0.15) is 0 Å². The van der Waals surface area contributed by atoms with E-state index in [1.807, 2.05) is 0 Å². The Labute approximate surface area is 139 Å². The Morgan fingerprint density at radius 2 is 1.57 bits per heavy atom.